The molecule has 3 atom stereocenters. The Morgan fingerprint density at radius 1 is 0.821 bits per heavy atom. The number of unbranched alkanes of at least 4 members (excludes halogenated alkanes) is 1. The first kappa shape index (κ1) is 30.7. The number of nitrogen functional groups attached to an aromatic ring is 1. The van der Waals surface area contributed by atoms with Crippen molar-refractivity contribution in [3.63, 3.8) is 0 Å². The third kappa shape index (κ3) is 8.56. The van der Waals surface area contributed by atoms with Crippen LogP contribution in [0.3, 0.4) is 0 Å². The molecule has 0 amide bonds. The minimum Gasteiger partial charge on any atom is -0.399 e. The normalized spacial score (nSPS) is 20.2. The standard InChI is InChI=1S/C26H27N.C7H14.C4H9F/c1-17-8-11-20(12-9-17)26-23(22-7-5-4-6-18(22)2)14-10-19(3)25-16-21(27)13-15-24(25)26;1-6-3-4-7(2)5-6;1-2-3-4-5/h4-9,11-13,15-16,19H,10,14,27H2,1-3H3;6-7H,3-5H2,1-2H3;2-4H2,1H3. The summed E-state index contributed by atoms with van der Waals surface area (Å²) in [5.74, 6) is 2.54. The quantitative estimate of drug-likeness (QED) is 0.335. The Balaban J connectivity index is 0.000000291. The van der Waals surface area contributed by atoms with Gasteiger partial charge in [-0.05, 0) is 108 Å². The zero-order valence-electron chi connectivity index (χ0n) is 25.2. The molecule has 0 aromatic heterocycles. The van der Waals surface area contributed by atoms with Crippen molar-refractivity contribution in [1.29, 1.82) is 0 Å². The summed E-state index contributed by atoms with van der Waals surface area (Å²) >= 11 is 0. The number of nitrogens with two attached hydrogens (primary N) is 1. The van der Waals surface area contributed by atoms with Crippen LogP contribution >= 0.6 is 0 Å². The maximum atomic E-state index is 11.0. The molecule has 1 nitrogen and oxygen atoms in total. The van der Waals surface area contributed by atoms with Gasteiger partial charge in [0.05, 0.1) is 6.67 Å². The summed E-state index contributed by atoms with van der Waals surface area (Å²) in [6.07, 6.45) is 8.32. The van der Waals surface area contributed by atoms with E-state index >= 15 is 0 Å². The molecule has 39 heavy (non-hydrogen) atoms. The molecule has 0 aliphatic heterocycles. The maximum absolute atomic E-state index is 11.0. The molecule has 2 heteroatoms. The zero-order chi connectivity index (χ0) is 28.4. The maximum Gasteiger partial charge on any atom is 0.0894 e. The van der Waals surface area contributed by atoms with E-state index in [-0.39, 0.29) is 6.67 Å². The first-order chi connectivity index (χ1) is 18.7. The summed E-state index contributed by atoms with van der Waals surface area (Å²) in [5, 5.41) is 0. The van der Waals surface area contributed by atoms with Gasteiger partial charge < -0.3 is 5.73 Å². The molecule has 0 spiro atoms. The fraction of sp³-hybridized carbons (Fsp3) is 0.459. The van der Waals surface area contributed by atoms with Crippen LogP contribution in [0.5, 0.6) is 0 Å². The first-order valence-corrected chi connectivity index (χ1v) is 15.1. The van der Waals surface area contributed by atoms with Crippen molar-refractivity contribution in [2.75, 3.05) is 12.4 Å². The van der Waals surface area contributed by atoms with E-state index in [1.54, 1.807) is 0 Å². The van der Waals surface area contributed by atoms with Crippen LogP contribution in [0.2, 0.25) is 0 Å². The average molecular weight is 528 g/mol. The predicted molar refractivity (Wildman–Crippen MR) is 170 cm³/mol. The van der Waals surface area contributed by atoms with Gasteiger partial charge >= 0.3 is 0 Å². The van der Waals surface area contributed by atoms with E-state index in [0.717, 1.165) is 43.2 Å². The molecule has 2 N–H and O–H groups in total. The van der Waals surface area contributed by atoms with Crippen LogP contribution in [-0.2, 0) is 0 Å². The van der Waals surface area contributed by atoms with E-state index in [1.165, 1.54) is 63.8 Å². The molecular formula is C37H50FN. The number of hydrogen-bond acceptors (Lipinski definition) is 1. The van der Waals surface area contributed by atoms with Gasteiger partial charge in [0.15, 0.2) is 0 Å². The fourth-order valence-electron chi connectivity index (χ4n) is 5.88. The molecule has 3 aromatic rings. The van der Waals surface area contributed by atoms with Crippen LogP contribution in [0, 0.1) is 25.7 Å². The molecular weight excluding hydrogens is 477 g/mol. The fourth-order valence-corrected chi connectivity index (χ4v) is 5.88. The second kappa shape index (κ2) is 15.1. The highest BCUT2D eigenvalue weighted by Crippen LogP contribution is 2.44. The number of anilines is 1. The van der Waals surface area contributed by atoms with Gasteiger partial charge in [0.2, 0.25) is 0 Å². The van der Waals surface area contributed by atoms with E-state index in [0.29, 0.717) is 5.92 Å². The largest absolute Gasteiger partial charge is 0.399 e. The minimum absolute atomic E-state index is 0.156. The SMILES string of the molecule is CC1CCC(C)C1.CCCCF.Cc1ccc(C2=C(c3ccccc3C)CCC(C)c3cc(N)ccc32)cc1. The molecule has 1 saturated carbocycles. The number of fused-ring (bicyclic) bond motifs is 1. The number of aryl methyl sites for hydroxylation is 2. The van der Waals surface area contributed by atoms with Gasteiger partial charge in [0, 0.05) is 5.69 Å². The highest BCUT2D eigenvalue weighted by Gasteiger charge is 2.24. The molecule has 3 aromatic carbocycles. The average Bonchev–Trinajstić information content (AvgIpc) is 3.24. The Kier molecular flexibility index (Phi) is 11.8. The number of benzene rings is 3. The molecule has 0 heterocycles. The van der Waals surface area contributed by atoms with Gasteiger partial charge in [-0.1, -0.05) is 107 Å². The second-order valence-corrected chi connectivity index (χ2v) is 11.9. The molecule has 0 bridgehead atoms. The lowest BCUT2D eigenvalue weighted by atomic mass is 9.86. The third-order valence-corrected chi connectivity index (χ3v) is 8.26. The van der Waals surface area contributed by atoms with Crippen molar-refractivity contribution in [3.8, 4) is 0 Å². The predicted octanol–water partition coefficient (Wildman–Crippen LogP) is 10.9. The van der Waals surface area contributed by atoms with E-state index in [2.05, 4.69) is 95.3 Å². The van der Waals surface area contributed by atoms with Crippen LogP contribution in [0.25, 0.3) is 11.1 Å². The van der Waals surface area contributed by atoms with Crippen LogP contribution < -0.4 is 5.73 Å². The van der Waals surface area contributed by atoms with Crippen LogP contribution in [0.1, 0.15) is 112 Å². The topological polar surface area (TPSA) is 26.0 Å². The molecule has 2 aliphatic carbocycles. The number of rotatable bonds is 4. The Hall–Kier alpha value is -2.87. The lowest BCUT2D eigenvalue weighted by Crippen LogP contribution is -2.00. The Morgan fingerprint density at radius 2 is 1.49 bits per heavy atom. The van der Waals surface area contributed by atoms with E-state index in [1.807, 2.05) is 13.0 Å². The summed E-state index contributed by atoms with van der Waals surface area (Å²) in [4.78, 5) is 0. The summed E-state index contributed by atoms with van der Waals surface area (Å²) in [5.41, 5.74) is 17.8. The summed E-state index contributed by atoms with van der Waals surface area (Å²) < 4.78 is 11.0. The Bertz CT molecular complexity index is 1200. The number of halogens is 1. The molecule has 1 fully saturated rings. The second-order valence-electron chi connectivity index (χ2n) is 11.9. The molecule has 5 rings (SSSR count). The zero-order valence-corrected chi connectivity index (χ0v) is 25.2. The third-order valence-electron chi connectivity index (χ3n) is 8.26. The van der Waals surface area contributed by atoms with Gasteiger partial charge in [0.1, 0.15) is 0 Å². The van der Waals surface area contributed by atoms with Gasteiger partial charge in [-0.2, -0.15) is 0 Å². The van der Waals surface area contributed by atoms with Crippen molar-refractivity contribution in [3.05, 3.63) is 100 Å². The van der Waals surface area contributed by atoms with Crippen LogP contribution in [0.4, 0.5) is 10.1 Å². The highest BCUT2D eigenvalue weighted by atomic mass is 19.1. The lowest BCUT2D eigenvalue weighted by molar-refractivity contribution is 0.469. The molecule has 210 valence electrons. The smallest absolute Gasteiger partial charge is 0.0894 e. The van der Waals surface area contributed by atoms with Crippen molar-refractivity contribution < 1.29 is 4.39 Å². The molecule has 2 aliphatic rings. The van der Waals surface area contributed by atoms with Crippen molar-refractivity contribution >= 4 is 16.8 Å². The molecule has 3 unspecified atom stereocenters. The van der Waals surface area contributed by atoms with Gasteiger partial charge in [-0.15, -0.1) is 0 Å². The van der Waals surface area contributed by atoms with Gasteiger partial charge in [0.25, 0.3) is 0 Å². The Labute approximate surface area is 237 Å². The molecule has 0 saturated heterocycles. The Morgan fingerprint density at radius 3 is 2.03 bits per heavy atom. The van der Waals surface area contributed by atoms with Crippen molar-refractivity contribution in [1.82, 2.24) is 0 Å². The van der Waals surface area contributed by atoms with Gasteiger partial charge in [-0.25, -0.2) is 0 Å². The summed E-state index contributed by atoms with van der Waals surface area (Å²) in [7, 11) is 0. The minimum atomic E-state index is -0.156. The number of hydrogen-bond donors (Lipinski definition) is 1. The van der Waals surface area contributed by atoms with Crippen molar-refractivity contribution in [2.24, 2.45) is 11.8 Å². The molecule has 0 radical (unpaired) electrons. The van der Waals surface area contributed by atoms with Crippen LogP contribution in [0.15, 0.2) is 66.7 Å². The van der Waals surface area contributed by atoms with Crippen molar-refractivity contribution in [2.45, 2.75) is 92.4 Å². The van der Waals surface area contributed by atoms with Gasteiger partial charge in [-0.3, -0.25) is 4.39 Å². The summed E-state index contributed by atoms with van der Waals surface area (Å²) in [6.45, 7) is 13.2. The first-order valence-electron chi connectivity index (χ1n) is 15.1. The number of alkyl halides is 1. The van der Waals surface area contributed by atoms with Crippen LogP contribution in [-0.4, -0.2) is 6.67 Å². The lowest BCUT2D eigenvalue weighted by Gasteiger charge is -2.19. The monoisotopic (exact) mass is 527 g/mol. The highest BCUT2D eigenvalue weighted by molar-refractivity contribution is 6.00. The van der Waals surface area contributed by atoms with E-state index < -0.39 is 0 Å². The van der Waals surface area contributed by atoms with E-state index in [4.69, 9.17) is 5.73 Å². The van der Waals surface area contributed by atoms with E-state index in [9.17, 15) is 4.39 Å². The number of allylic oxidation sites excluding steroid dienone is 1. The summed E-state index contributed by atoms with van der Waals surface area (Å²) in [6, 6.07) is 24.2.